The van der Waals surface area contributed by atoms with Crippen molar-refractivity contribution >= 4 is 21.8 Å². The Labute approximate surface area is 109 Å². The fraction of sp³-hybridized carbons (Fsp3) is 0.417. The van der Waals surface area contributed by atoms with Crippen LogP contribution in [0.5, 0.6) is 0 Å². The first-order valence-electron chi connectivity index (χ1n) is 5.52. The lowest BCUT2D eigenvalue weighted by Crippen LogP contribution is -2.39. The number of benzene rings is 1. The smallest absolute Gasteiger partial charge is 0.234 e. The Morgan fingerprint density at radius 3 is 2.88 bits per heavy atom. The van der Waals surface area contributed by atoms with E-state index in [1.54, 1.807) is 0 Å². The Hall–Kier alpha value is -0.910. The highest BCUT2D eigenvalue weighted by Gasteiger charge is 2.34. The standard InChI is InChI=1S/C12H15BrN2O2/c13-10-4-2-1-3-8(10)6-15-7-9(16)5-11(15)12(14)17/h1-4,9,11,16H,5-7H2,(H2,14,17). The third-order valence-electron chi connectivity index (χ3n) is 3.04. The highest BCUT2D eigenvalue weighted by atomic mass is 79.9. The van der Waals surface area contributed by atoms with Gasteiger partial charge < -0.3 is 10.8 Å². The van der Waals surface area contributed by atoms with Gasteiger partial charge in [-0.2, -0.15) is 0 Å². The van der Waals surface area contributed by atoms with Gasteiger partial charge in [-0.3, -0.25) is 9.69 Å². The van der Waals surface area contributed by atoms with Gasteiger partial charge in [-0.25, -0.2) is 0 Å². The summed E-state index contributed by atoms with van der Waals surface area (Å²) in [6, 6.07) is 7.48. The Kier molecular flexibility index (Phi) is 3.81. The van der Waals surface area contributed by atoms with Crippen molar-refractivity contribution in [2.45, 2.75) is 25.1 Å². The zero-order valence-corrected chi connectivity index (χ0v) is 10.9. The minimum absolute atomic E-state index is 0.364. The van der Waals surface area contributed by atoms with Crippen LogP contribution in [0.25, 0.3) is 0 Å². The molecule has 1 aliphatic rings. The van der Waals surface area contributed by atoms with Gasteiger partial charge in [0.05, 0.1) is 12.1 Å². The number of aliphatic hydroxyl groups excluding tert-OH is 1. The molecular weight excluding hydrogens is 284 g/mol. The summed E-state index contributed by atoms with van der Waals surface area (Å²) < 4.78 is 1.00. The molecule has 2 rings (SSSR count). The van der Waals surface area contributed by atoms with Gasteiger partial charge in [0.2, 0.25) is 5.91 Å². The number of nitrogens with zero attached hydrogens (tertiary/aromatic N) is 1. The molecule has 4 nitrogen and oxygen atoms in total. The summed E-state index contributed by atoms with van der Waals surface area (Å²) >= 11 is 3.47. The summed E-state index contributed by atoms with van der Waals surface area (Å²) in [7, 11) is 0. The number of carbonyl (C=O) groups excluding carboxylic acids is 1. The molecule has 0 aliphatic carbocycles. The SMILES string of the molecule is NC(=O)C1CC(O)CN1Cc1ccccc1Br. The number of hydrogen-bond donors (Lipinski definition) is 2. The number of likely N-dealkylation sites (tertiary alicyclic amines) is 1. The van der Waals surface area contributed by atoms with Crippen LogP contribution >= 0.6 is 15.9 Å². The first-order chi connectivity index (χ1) is 8.08. The topological polar surface area (TPSA) is 66.6 Å². The molecule has 0 radical (unpaired) electrons. The van der Waals surface area contributed by atoms with E-state index in [2.05, 4.69) is 15.9 Å². The van der Waals surface area contributed by atoms with Crippen molar-refractivity contribution in [3.8, 4) is 0 Å². The second kappa shape index (κ2) is 5.16. The molecule has 1 amide bonds. The minimum atomic E-state index is -0.463. The van der Waals surface area contributed by atoms with Crippen LogP contribution in [0.4, 0.5) is 0 Å². The summed E-state index contributed by atoms with van der Waals surface area (Å²) in [5.41, 5.74) is 6.43. The number of rotatable bonds is 3. The molecule has 0 aromatic heterocycles. The number of aliphatic hydroxyl groups is 1. The predicted octanol–water partition coefficient (Wildman–Crippen LogP) is 0.870. The van der Waals surface area contributed by atoms with Gasteiger partial charge in [-0.05, 0) is 18.1 Å². The fourth-order valence-electron chi connectivity index (χ4n) is 2.20. The molecule has 1 aromatic carbocycles. The maximum atomic E-state index is 11.3. The van der Waals surface area contributed by atoms with Gasteiger partial charge in [0.25, 0.3) is 0 Å². The van der Waals surface area contributed by atoms with Gasteiger partial charge in [-0.15, -0.1) is 0 Å². The molecule has 0 bridgehead atoms. The highest BCUT2D eigenvalue weighted by molar-refractivity contribution is 9.10. The molecule has 17 heavy (non-hydrogen) atoms. The molecular formula is C12H15BrN2O2. The molecule has 2 unspecified atom stereocenters. The number of amides is 1. The Morgan fingerprint density at radius 2 is 2.24 bits per heavy atom. The Balaban J connectivity index is 2.13. The second-order valence-electron chi connectivity index (χ2n) is 4.33. The largest absolute Gasteiger partial charge is 0.392 e. The van der Waals surface area contributed by atoms with E-state index in [9.17, 15) is 9.90 Å². The number of carbonyl (C=O) groups is 1. The third kappa shape index (κ3) is 2.86. The van der Waals surface area contributed by atoms with Crippen molar-refractivity contribution in [3.63, 3.8) is 0 Å². The van der Waals surface area contributed by atoms with Crippen molar-refractivity contribution in [2.24, 2.45) is 5.73 Å². The van der Waals surface area contributed by atoms with Gasteiger partial charge in [-0.1, -0.05) is 34.1 Å². The minimum Gasteiger partial charge on any atom is -0.392 e. The van der Waals surface area contributed by atoms with Crippen LogP contribution in [0.3, 0.4) is 0 Å². The monoisotopic (exact) mass is 298 g/mol. The Bertz CT molecular complexity index is 425. The normalized spacial score (nSPS) is 25.1. The average Bonchev–Trinajstić information content (AvgIpc) is 2.63. The van der Waals surface area contributed by atoms with Crippen LogP contribution in [0.15, 0.2) is 28.7 Å². The van der Waals surface area contributed by atoms with Gasteiger partial charge >= 0.3 is 0 Å². The van der Waals surface area contributed by atoms with Crippen LogP contribution in [0.2, 0.25) is 0 Å². The molecule has 3 N–H and O–H groups in total. The Morgan fingerprint density at radius 1 is 1.53 bits per heavy atom. The van der Waals surface area contributed by atoms with Crippen molar-refractivity contribution < 1.29 is 9.90 Å². The van der Waals surface area contributed by atoms with Gasteiger partial charge in [0.1, 0.15) is 0 Å². The zero-order valence-electron chi connectivity index (χ0n) is 9.34. The van der Waals surface area contributed by atoms with E-state index < -0.39 is 6.10 Å². The molecule has 0 saturated carbocycles. The lowest BCUT2D eigenvalue weighted by atomic mass is 10.1. The summed E-state index contributed by atoms with van der Waals surface area (Å²) in [6.07, 6.45) is -0.0326. The molecule has 1 heterocycles. The van der Waals surface area contributed by atoms with Crippen molar-refractivity contribution in [1.82, 2.24) is 4.90 Å². The maximum absolute atomic E-state index is 11.3. The summed E-state index contributed by atoms with van der Waals surface area (Å²) in [6.45, 7) is 1.11. The lowest BCUT2D eigenvalue weighted by Gasteiger charge is -2.21. The average molecular weight is 299 g/mol. The number of halogens is 1. The molecule has 1 aliphatic heterocycles. The van der Waals surface area contributed by atoms with Crippen LogP contribution in [0, 0.1) is 0 Å². The lowest BCUT2D eigenvalue weighted by molar-refractivity contribution is -0.122. The molecule has 1 fully saturated rings. The first-order valence-corrected chi connectivity index (χ1v) is 6.32. The number of primary amides is 1. The number of β-amino-alcohol motifs (C(OH)–C–C–N with tert-alkyl or cyclic N) is 1. The van der Waals surface area contributed by atoms with E-state index in [0.29, 0.717) is 19.5 Å². The molecule has 92 valence electrons. The third-order valence-corrected chi connectivity index (χ3v) is 3.81. The quantitative estimate of drug-likeness (QED) is 0.870. The van der Waals surface area contributed by atoms with E-state index in [0.717, 1.165) is 10.0 Å². The van der Waals surface area contributed by atoms with Gasteiger partial charge in [0, 0.05) is 17.6 Å². The van der Waals surface area contributed by atoms with Crippen molar-refractivity contribution in [3.05, 3.63) is 34.3 Å². The van der Waals surface area contributed by atoms with Crippen molar-refractivity contribution in [1.29, 1.82) is 0 Å². The first kappa shape index (κ1) is 12.5. The molecule has 1 saturated heterocycles. The van der Waals surface area contributed by atoms with Crippen molar-refractivity contribution in [2.75, 3.05) is 6.54 Å². The summed E-state index contributed by atoms with van der Waals surface area (Å²) in [4.78, 5) is 13.2. The summed E-state index contributed by atoms with van der Waals surface area (Å²) in [5, 5.41) is 9.61. The van der Waals surface area contributed by atoms with E-state index in [4.69, 9.17) is 5.73 Å². The molecule has 1 aromatic rings. The van der Waals surface area contributed by atoms with Gasteiger partial charge in [0.15, 0.2) is 0 Å². The van der Waals surface area contributed by atoms with E-state index in [1.807, 2.05) is 29.2 Å². The number of nitrogens with two attached hydrogens (primary N) is 1. The summed E-state index contributed by atoms with van der Waals surface area (Å²) in [5.74, 6) is -0.367. The zero-order chi connectivity index (χ0) is 12.4. The van der Waals surface area contributed by atoms with Crippen LogP contribution < -0.4 is 5.73 Å². The second-order valence-corrected chi connectivity index (χ2v) is 5.18. The van der Waals surface area contributed by atoms with Crippen LogP contribution in [-0.2, 0) is 11.3 Å². The van der Waals surface area contributed by atoms with Crippen LogP contribution in [-0.4, -0.2) is 34.6 Å². The van der Waals surface area contributed by atoms with E-state index in [1.165, 1.54) is 0 Å². The maximum Gasteiger partial charge on any atom is 0.234 e. The van der Waals surface area contributed by atoms with Crippen LogP contribution in [0.1, 0.15) is 12.0 Å². The molecule has 2 atom stereocenters. The van der Waals surface area contributed by atoms with E-state index in [-0.39, 0.29) is 11.9 Å². The fourth-order valence-corrected chi connectivity index (χ4v) is 2.61. The highest BCUT2D eigenvalue weighted by Crippen LogP contribution is 2.24. The molecule has 0 spiro atoms. The van der Waals surface area contributed by atoms with E-state index >= 15 is 0 Å². The number of hydrogen-bond acceptors (Lipinski definition) is 3. The predicted molar refractivity (Wildman–Crippen MR) is 68.2 cm³/mol. The molecule has 5 heteroatoms.